The van der Waals surface area contributed by atoms with E-state index in [-0.39, 0.29) is 5.97 Å². The van der Waals surface area contributed by atoms with Crippen LogP contribution in [0.25, 0.3) is 10.1 Å². The number of hydrogen-bond donors (Lipinski definition) is 1. The Morgan fingerprint density at radius 2 is 2.25 bits per heavy atom. The summed E-state index contributed by atoms with van der Waals surface area (Å²) in [5.74, 6) is -0.219. The number of nitrogen functional groups attached to an aromatic ring is 1. The van der Waals surface area contributed by atoms with Gasteiger partial charge < -0.3 is 15.4 Å². The van der Waals surface area contributed by atoms with Crippen molar-refractivity contribution in [1.29, 1.82) is 0 Å². The molecule has 0 saturated carbocycles. The number of carbonyl (C=O) groups is 1. The van der Waals surface area contributed by atoms with Crippen molar-refractivity contribution < 1.29 is 9.53 Å². The second-order valence-electron chi connectivity index (χ2n) is 5.12. The Morgan fingerprint density at radius 3 is 3.00 bits per heavy atom. The Bertz CT molecular complexity index is 678. The predicted octanol–water partition coefficient (Wildman–Crippen LogP) is 2.65. The molecule has 1 aromatic carbocycles. The quantitative estimate of drug-likeness (QED) is 0.682. The zero-order chi connectivity index (χ0) is 14.3. The van der Waals surface area contributed by atoms with E-state index in [9.17, 15) is 4.79 Å². The minimum Gasteiger partial charge on any atom is -0.462 e. The van der Waals surface area contributed by atoms with Gasteiger partial charge in [-0.15, -0.1) is 11.3 Å². The van der Waals surface area contributed by atoms with Gasteiger partial charge in [-0.25, -0.2) is 4.79 Å². The molecule has 0 unspecified atom stereocenters. The summed E-state index contributed by atoms with van der Waals surface area (Å²) in [4.78, 5) is 15.1. The summed E-state index contributed by atoms with van der Waals surface area (Å²) in [5.41, 5.74) is 9.20. The summed E-state index contributed by atoms with van der Waals surface area (Å²) in [5, 5.41) is 1.17. The highest BCUT2D eigenvalue weighted by Crippen LogP contribution is 2.39. The van der Waals surface area contributed by atoms with E-state index in [0.29, 0.717) is 6.61 Å². The molecule has 20 heavy (non-hydrogen) atoms. The van der Waals surface area contributed by atoms with Crippen LogP contribution in [0.5, 0.6) is 0 Å². The largest absolute Gasteiger partial charge is 0.462 e. The highest BCUT2D eigenvalue weighted by Gasteiger charge is 2.25. The summed E-state index contributed by atoms with van der Waals surface area (Å²) in [6.07, 6.45) is 0.922. The molecule has 0 spiro atoms. The third-order valence-electron chi connectivity index (χ3n) is 3.73. The van der Waals surface area contributed by atoms with E-state index < -0.39 is 0 Å². The van der Waals surface area contributed by atoms with Crippen molar-refractivity contribution in [2.45, 2.75) is 19.9 Å². The lowest BCUT2D eigenvalue weighted by molar-refractivity contribution is 0.0530. The summed E-state index contributed by atoms with van der Waals surface area (Å²) < 4.78 is 6.32. The minimum absolute atomic E-state index is 0.219. The number of esters is 1. The van der Waals surface area contributed by atoms with Crippen LogP contribution in [0.2, 0.25) is 0 Å². The molecule has 1 aliphatic heterocycles. The Balaban J connectivity index is 2.25. The van der Waals surface area contributed by atoms with Gasteiger partial charge in [-0.1, -0.05) is 0 Å². The molecule has 3 rings (SSSR count). The average Bonchev–Trinajstić information content (AvgIpc) is 2.67. The van der Waals surface area contributed by atoms with Gasteiger partial charge in [0.15, 0.2) is 0 Å². The number of nitrogens with two attached hydrogens (primary N) is 1. The maximum absolute atomic E-state index is 12.2. The lowest BCUT2D eigenvalue weighted by atomic mass is 10.0. The lowest BCUT2D eigenvalue weighted by Crippen LogP contribution is -2.19. The van der Waals surface area contributed by atoms with Gasteiger partial charge in [0, 0.05) is 28.9 Å². The van der Waals surface area contributed by atoms with Crippen molar-refractivity contribution in [2.24, 2.45) is 0 Å². The van der Waals surface area contributed by atoms with Gasteiger partial charge in [0.1, 0.15) is 4.88 Å². The SMILES string of the molecule is CCOC(=O)c1sc2ccc(N)c3c2c1CN(C)CC3. The number of thiophene rings is 1. The third kappa shape index (κ3) is 2.07. The molecule has 2 N–H and O–H groups in total. The molecule has 0 amide bonds. The van der Waals surface area contributed by atoms with Crippen LogP contribution in [-0.4, -0.2) is 31.1 Å². The maximum Gasteiger partial charge on any atom is 0.348 e. The van der Waals surface area contributed by atoms with Crippen molar-refractivity contribution in [3.63, 3.8) is 0 Å². The van der Waals surface area contributed by atoms with Gasteiger partial charge in [-0.3, -0.25) is 0 Å². The molecule has 1 aliphatic rings. The topological polar surface area (TPSA) is 55.6 Å². The van der Waals surface area contributed by atoms with Crippen LogP contribution in [0, 0.1) is 0 Å². The molecule has 106 valence electrons. The van der Waals surface area contributed by atoms with Crippen LogP contribution in [0.1, 0.15) is 27.7 Å². The predicted molar refractivity (Wildman–Crippen MR) is 82.2 cm³/mol. The molecule has 0 fully saturated rings. The van der Waals surface area contributed by atoms with E-state index in [4.69, 9.17) is 10.5 Å². The first-order valence-corrected chi connectivity index (χ1v) is 7.61. The summed E-state index contributed by atoms with van der Waals surface area (Å²) >= 11 is 1.51. The fourth-order valence-electron chi connectivity index (χ4n) is 2.78. The summed E-state index contributed by atoms with van der Waals surface area (Å²) in [6, 6.07) is 3.95. The van der Waals surface area contributed by atoms with E-state index in [1.165, 1.54) is 22.3 Å². The van der Waals surface area contributed by atoms with Crippen LogP contribution in [0.15, 0.2) is 12.1 Å². The Hall–Kier alpha value is -1.59. The number of benzene rings is 1. The Morgan fingerprint density at radius 1 is 1.45 bits per heavy atom. The van der Waals surface area contributed by atoms with Crippen molar-refractivity contribution in [2.75, 3.05) is 25.9 Å². The molecule has 2 heterocycles. The first-order chi connectivity index (χ1) is 9.61. The van der Waals surface area contributed by atoms with Crippen LogP contribution in [-0.2, 0) is 17.7 Å². The van der Waals surface area contributed by atoms with E-state index in [1.54, 1.807) is 0 Å². The number of nitrogens with zero attached hydrogens (tertiary/aromatic N) is 1. The minimum atomic E-state index is -0.219. The first-order valence-electron chi connectivity index (χ1n) is 6.80. The van der Waals surface area contributed by atoms with Crippen LogP contribution in [0.3, 0.4) is 0 Å². The molecular weight excluding hydrogens is 272 g/mol. The zero-order valence-electron chi connectivity index (χ0n) is 11.7. The highest BCUT2D eigenvalue weighted by atomic mass is 32.1. The van der Waals surface area contributed by atoms with Crippen LogP contribution < -0.4 is 5.73 Å². The standard InChI is InChI=1S/C15H18N2O2S/c1-3-19-15(18)14-10-8-17(2)7-6-9-11(16)4-5-12(20-14)13(9)10/h4-5H,3,6-8,16H2,1-2H3. The molecule has 0 aliphatic carbocycles. The maximum atomic E-state index is 12.2. The molecule has 0 bridgehead atoms. The van der Waals surface area contributed by atoms with Crippen molar-refractivity contribution in [3.05, 3.63) is 28.1 Å². The number of anilines is 1. The van der Waals surface area contributed by atoms with Crippen molar-refractivity contribution in [3.8, 4) is 0 Å². The third-order valence-corrected chi connectivity index (χ3v) is 4.91. The number of hydrogen-bond acceptors (Lipinski definition) is 5. The average molecular weight is 290 g/mol. The van der Waals surface area contributed by atoms with Crippen molar-refractivity contribution >= 4 is 33.1 Å². The van der Waals surface area contributed by atoms with E-state index in [1.807, 2.05) is 19.1 Å². The van der Waals surface area contributed by atoms with Crippen LogP contribution in [0.4, 0.5) is 5.69 Å². The zero-order valence-corrected chi connectivity index (χ0v) is 12.5. The lowest BCUT2D eigenvalue weighted by Gasteiger charge is -2.13. The number of likely N-dealkylation sites (N-methyl/N-ethyl adjacent to an activating group) is 1. The van der Waals surface area contributed by atoms with Gasteiger partial charge in [0.05, 0.1) is 6.61 Å². The molecule has 1 aromatic heterocycles. The second kappa shape index (κ2) is 5.07. The Kier molecular flexibility index (Phi) is 3.40. The molecule has 2 aromatic rings. The first kappa shape index (κ1) is 13.4. The van der Waals surface area contributed by atoms with Gasteiger partial charge in [-0.2, -0.15) is 0 Å². The highest BCUT2D eigenvalue weighted by molar-refractivity contribution is 7.21. The second-order valence-corrected chi connectivity index (χ2v) is 6.18. The molecule has 5 heteroatoms. The summed E-state index contributed by atoms with van der Waals surface area (Å²) in [7, 11) is 2.07. The van der Waals surface area contributed by atoms with Gasteiger partial charge >= 0.3 is 5.97 Å². The number of rotatable bonds is 2. The van der Waals surface area contributed by atoms with E-state index in [0.717, 1.165) is 40.3 Å². The molecular formula is C15H18N2O2S. The normalized spacial score (nSPS) is 15.3. The smallest absolute Gasteiger partial charge is 0.348 e. The number of ether oxygens (including phenoxy) is 1. The fourth-order valence-corrected chi connectivity index (χ4v) is 3.91. The van der Waals surface area contributed by atoms with E-state index in [2.05, 4.69) is 11.9 Å². The van der Waals surface area contributed by atoms with Crippen molar-refractivity contribution in [1.82, 2.24) is 4.90 Å². The summed E-state index contributed by atoms with van der Waals surface area (Å²) in [6.45, 7) is 3.95. The monoisotopic (exact) mass is 290 g/mol. The number of carbonyl (C=O) groups excluding carboxylic acids is 1. The fraction of sp³-hybridized carbons (Fsp3) is 0.400. The van der Waals surface area contributed by atoms with Crippen LogP contribution >= 0.6 is 11.3 Å². The molecule has 4 nitrogen and oxygen atoms in total. The van der Waals surface area contributed by atoms with Gasteiger partial charge in [-0.05, 0) is 43.7 Å². The molecule has 0 saturated heterocycles. The Labute approximate surface area is 122 Å². The van der Waals surface area contributed by atoms with Gasteiger partial charge in [0.2, 0.25) is 0 Å². The van der Waals surface area contributed by atoms with Gasteiger partial charge in [0.25, 0.3) is 0 Å². The van der Waals surface area contributed by atoms with E-state index >= 15 is 0 Å². The molecule has 0 atom stereocenters. The molecule has 0 radical (unpaired) electrons.